The first-order valence-electron chi connectivity index (χ1n) is 16.0. The average molecular weight is 695 g/mol. The fourth-order valence-corrected chi connectivity index (χ4v) is 4.96. The number of carboxylic acid groups (broad SMARTS) is 2. The molecule has 0 fully saturated rings. The predicted octanol–water partition coefficient (Wildman–Crippen LogP) is 2.57. The standard InChI is InChI=1S/2C16H20N2O2.C4H6O6/c2*1-4-10-17-15-9-7-12-6-8-13(11-14(12)15)20-16(19)18(3)5-2;5-1(3(7)8)2(6)4(9)10/h2*1,6,8,11,15,17H,5,7,9-10H2,2-3H3;1-2,5-6H,(H,7,8)(H,9,10)/t2*15-;/m11./s1. The Balaban J connectivity index is 0.000000276. The van der Waals surface area contributed by atoms with Gasteiger partial charge in [-0.05, 0) is 86.1 Å². The van der Waals surface area contributed by atoms with Gasteiger partial charge in [0.2, 0.25) is 0 Å². The number of terminal acetylenes is 2. The van der Waals surface area contributed by atoms with Gasteiger partial charge in [0.05, 0.1) is 13.1 Å². The molecule has 0 spiro atoms. The van der Waals surface area contributed by atoms with Crippen molar-refractivity contribution in [3.05, 3.63) is 58.7 Å². The number of rotatable bonds is 11. The maximum atomic E-state index is 11.8. The maximum Gasteiger partial charge on any atom is 0.414 e. The van der Waals surface area contributed by atoms with Crippen LogP contribution in [0.2, 0.25) is 0 Å². The Kier molecular flexibility index (Phi) is 16.8. The highest BCUT2D eigenvalue weighted by atomic mass is 16.6. The lowest BCUT2D eigenvalue weighted by Gasteiger charge is -2.16. The van der Waals surface area contributed by atoms with Gasteiger partial charge in [0.15, 0.2) is 12.2 Å². The van der Waals surface area contributed by atoms with Crippen molar-refractivity contribution in [2.75, 3.05) is 40.3 Å². The highest BCUT2D eigenvalue weighted by Gasteiger charge is 2.29. The van der Waals surface area contributed by atoms with E-state index in [1.807, 2.05) is 50.2 Å². The minimum Gasteiger partial charge on any atom is -0.479 e. The van der Waals surface area contributed by atoms with Crippen LogP contribution in [0.1, 0.15) is 61.0 Å². The zero-order chi connectivity index (χ0) is 37.4. The van der Waals surface area contributed by atoms with Crippen molar-refractivity contribution in [3.63, 3.8) is 0 Å². The van der Waals surface area contributed by atoms with Gasteiger partial charge in [0.25, 0.3) is 0 Å². The van der Waals surface area contributed by atoms with Crippen LogP contribution in [0.15, 0.2) is 36.4 Å². The van der Waals surface area contributed by atoms with E-state index in [4.69, 9.17) is 42.7 Å². The van der Waals surface area contributed by atoms with E-state index in [1.165, 1.54) is 32.1 Å². The van der Waals surface area contributed by atoms with Gasteiger partial charge in [0.1, 0.15) is 11.5 Å². The number of hydrogen-bond donors (Lipinski definition) is 6. The number of hydrogen-bond acceptors (Lipinski definition) is 10. The molecule has 4 atom stereocenters. The number of fused-ring (bicyclic) bond motifs is 2. The summed E-state index contributed by atoms with van der Waals surface area (Å²) >= 11 is 0. The van der Waals surface area contributed by atoms with Crippen LogP contribution >= 0.6 is 0 Å². The Morgan fingerprint density at radius 1 is 0.760 bits per heavy atom. The summed E-state index contributed by atoms with van der Waals surface area (Å²) in [6.07, 6.45) is 9.48. The second-order valence-corrected chi connectivity index (χ2v) is 11.4. The lowest BCUT2D eigenvalue weighted by atomic mass is 10.1. The number of aryl methyl sites for hydroxylation is 2. The molecule has 14 nitrogen and oxygen atoms in total. The second kappa shape index (κ2) is 20.4. The Hall–Kier alpha value is -5.12. The summed E-state index contributed by atoms with van der Waals surface area (Å²) in [4.78, 5) is 46.1. The highest BCUT2D eigenvalue weighted by molar-refractivity contribution is 5.83. The number of nitrogens with one attached hydrogen (secondary N) is 2. The van der Waals surface area contributed by atoms with Crippen LogP contribution in [0, 0.1) is 24.7 Å². The van der Waals surface area contributed by atoms with Gasteiger partial charge in [-0.2, -0.15) is 0 Å². The number of carbonyl (C=O) groups is 4. The zero-order valence-corrected chi connectivity index (χ0v) is 28.7. The SMILES string of the molecule is C#CCN[C@@H]1CCc2ccc(OC(=O)N(C)CC)cc21.C#CCN[C@@H]1CCc2ccc(OC(=O)N(C)CC)cc21.O=C(O)C(O)C(O)C(=O)O. The number of nitrogens with zero attached hydrogens (tertiary/aromatic N) is 2. The number of ether oxygens (including phenoxy) is 2. The van der Waals surface area contributed by atoms with E-state index >= 15 is 0 Å². The molecular formula is C36H46N4O10. The van der Waals surface area contributed by atoms with Crippen LogP contribution in [0.25, 0.3) is 0 Å². The summed E-state index contributed by atoms with van der Waals surface area (Å²) in [5, 5.41) is 39.2. The van der Waals surface area contributed by atoms with Crippen molar-refractivity contribution in [2.24, 2.45) is 0 Å². The quantitative estimate of drug-likeness (QED) is 0.188. The van der Waals surface area contributed by atoms with Gasteiger partial charge >= 0.3 is 24.1 Å². The maximum absolute atomic E-state index is 11.8. The van der Waals surface area contributed by atoms with Gasteiger partial charge in [-0.15, -0.1) is 12.8 Å². The van der Waals surface area contributed by atoms with E-state index in [2.05, 4.69) is 22.5 Å². The Bertz CT molecular complexity index is 1450. The van der Waals surface area contributed by atoms with Crippen LogP contribution in [0.4, 0.5) is 9.59 Å². The topological polar surface area (TPSA) is 198 Å². The average Bonchev–Trinajstić information content (AvgIpc) is 3.71. The van der Waals surface area contributed by atoms with Gasteiger partial charge in [0, 0.05) is 39.3 Å². The van der Waals surface area contributed by atoms with Crippen LogP contribution in [-0.2, 0) is 22.4 Å². The first-order valence-corrected chi connectivity index (χ1v) is 16.0. The number of benzene rings is 2. The molecule has 2 unspecified atom stereocenters. The first-order chi connectivity index (χ1) is 23.8. The monoisotopic (exact) mass is 694 g/mol. The number of aliphatic hydroxyl groups excluding tert-OH is 2. The summed E-state index contributed by atoms with van der Waals surface area (Å²) < 4.78 is 10.7. The zero-order valence-electron chi connectivity index (χ0n) is 28.7. The van der Waals surface area contributed by atoms with E-state index < -0.39 is 24.1 Å². The molecule has 0 aliphatic heterocycles. The third-order valence-corrected chi connectivity index (χ3v) is 8.08. The molecule has 2 aromatic rings. The minimum absolute atomic E-state index is 0.253. The van der Waals surface area contributed by atoms with Crippen LogP contribution in [-0.4, -0.2) is 107 Å². The molecule has 2 amide bonds. The Labute approximate surface area is 292 Å². The van der Waals surface area contributed by atoms with Crippen molar-refractivity contribution in [1.29, 1.82) is 0 Å². The molecule has 4 rings (SSSR count). The molecule has 6 N–H and O–H groups in total. The number of carboxylic acids is 2. The second-order valence-electron chi connectivity index (χ2n) is 11.4. The Morgan fingerprint density at radius 2 is 1.12 bits per heavy atom. The van der Waals surface area contributed by atoms with Gasteiger partial charge in [-0.25, -0.2) is 19.2 Å². The lowest BCUT2D eigenvalue weighted by Crippen LogP contribution is -2.39. The fourth-order valence-electron chi connectivity index (χ4n) is 4.96. The van der Waals surface area contributed by atoms with Crippen LogP contribution < -0.4 is 20.1 Å². The van der Waals surface area contributed by atoms with Crippen molar-refractivity contribution in [3.8, 4) is 36.2 Å². The minimum atomic E-state index is -2.27. The molecule has 0 saturated carbocycles. The van der Waals surface area contributed by atoms with Gasteiger partial charge < -0.3 is 39.7 Å². The summed E-state index contributed by atoms with van der Waals surface area (Å²) in [7, 11) is 3.43. The smallest absolute Gasteiger partial charge is 0.414 e. The van der Waals surface area contributed by atoms with Gasteiger partial charge in [-0.3, -0.25) is 10.6 Å². The van der Waals surface area contributed by atoms with Crippen molar-refractivity contribution in [1.82, 2.24) is 20.4 Å². The molecule has 0 bridgehead atoms. The van der Waals surface area contributed by atoms with Crippen molar-refractivity contribution >= 4 is 24.1 Å². The third-order valence-electron chi connectivity index (χ3n) is 8.08. The molecule has 14 heteroatoms. The van der Waals surface area contributed by atoms with Crippen LogP contribution in [0.3, 0.4) is 0 Å². The number of aliphatic hydroxyl groups is 2. The number of aliphatic carboxylic acids is 2. The number of carbonyl (C=O) groups excluding carboxylic acids is 2. The van der Waals surface area contributed by atoms with E-state index in [0.29, 0.717) is 37.7 Å². The van der Waals surface area contributed by atoms with E-state index in [9.17, 15) is 19.2 Å². The molecule has 2 aliphatic carbocycles. The first kappa shape index (κ1) is 41.1. The van der Waals surface area contributed by atoms with Crippen LogP contribution in [0.5, 0.6) is 11.5 Å². The molecule has 0 heterocycles. The van der Waals surface area contributed by atoms with E-state index in [0.717, 1.165) is 25.7 Å². The predicted molar refractivity (Wildman–Crippen MR) is 185 cm³/mol. The molecule has 0 saturated heterocycles. The van der Waals surface area contributed by atoms with E-state index in [1.54, 1.807) is 14.1 Å². The summed E-state index contributed by atoms with van der Waals surface area (Å²) in [5.41, 5.74) is 4.96. The van der Waals surface area contributed by atoms with E-state index in [-0.39, 0.29) is 24.3 Å². The highest BCUT2D eigenvalue weighted by Crippen LogP contribution is 2.35. The van der Waals surface area contributed by atoms with Gasteiger partial charge in [-0.1, -0.05) is 24.0 Å². The molecule has 270 valence electrons. The summed E-state index contributed by atoms with van der Waals surface area (Å²) in [6.45, 7) is 6.15. The fraction of sp³-hybridized carbons (Fsp3) is 0.444. The lowest BCUT2D eigenvalue weighted by molar-refractivity contribution is -0.165. The molecule has 2 aromatic carbocycles. The Morgan fingerprint density at radius 3 is 1.42 bits per heavy atom. The summed E-state index contributed by atoms with van der Waals surface area (Å²) in [6, 6.07) is 12.2. The molecule has 50 heavy (non-hydrogen) atoms. The normalized spacial score (nSPS) is 16.2. The molecule has 0 radical (unpaired) electrons. The van der Waals surface area contributed by atoms with Crippen molar-refractivity contribution < 1.29 is 49.1 Å². The molecular weight excluding hydrogens is 648 g/mol. The number of amides is 2. The third kappa shape index (κ3) is 12.1. The molecule has 2 aliphatic rings. The van der Waals surface area contributed by atoms with Crippen molar-refractivity contribution in [2.45, 2.75) is 63.8 Å². The molecule has 0 aromatic heterocycles. The summed E-state index contributed by atoms with van der Waals surface area (Å²) in [5.74, 6) is 2.82. The largest absolute Gasteiger partial charge is 0.479 e.